The second-order valence-electron chi connectivity index (χ2n) is 5.00. The number of thioether (sulfide) groups is 1. The first kappa shape index (κ1) is 12.1. The van der Waals surface area contributed by atoms with Crippen molar-refractivity contribution in [2.75, 3.05) is 11.9 Å². The van der Waals surface area contributed by atoms with Gasteiger partial charge in [-0.3, -0.25) is 4.79 Å². The fourth-order valence-corrected chi connectivity index (χ4v) is 3.79. The van der Waals surface area contributed by atoms with Crippen LogP contribution >= 0.6 is 11.8 Å². The molecule has 3 nitrogen and oxygen atoms in total. The first-order valence-electron chi connectivity index (χ1n) is 6.48. The third-order valence-electron chi connectivity index (χ3n) is 3.63. The van der Waals surface area contributed by atoms with E-state index in [-0.39, 0.29) is 17.2 Å². The quantitative estimate of drug-likeness (QED) is 0.887. The third-order valence-corrected chi connectivity index (χ3v) is 4.88. The lowest BCUT2D eigenvalue weighted by atomic mass is 10.1. The molecule has 96 valence electrons. The van der Waals surface area contributed by atoms with Crippen LogP contribution in [0.2, 0.25) is 0 Å². The number of benzene rings is 1. The summed E-state index contributed by atoms with van der Waals surface area (Å²) in [6, 6.07) is 8.59. The van der Waals surface area contributed by atoms with Crippen LogP contribution in [0.1, 0.15) is 19.8 Å². The molecule has 1 N–H and O–H groups in total. The number of hydrogen-bond donors (Lipinski definition) is 1. The van der Waals surface area contributed by atoms with Gasteiger partial charge in [-0.05, 0) is 32.0 Å². The van der Waals surface area contributed by atoms with Gasteiger partial charge < -0.3 is 10.2 Å². The molecule has 2 atom stereocenters. The molecule has 3 rings (SSSR count). The second-order valence-corrected chi connectivity index (χ2v) is 6.42. The van der Waals surface area contributed by atoms with Crippen molar-refractivity contribution in [3.63, 3.8) is 0 Å². The molecule has 1 amide bonds. The maximum absolute atomic E-state index is 12.7. The molecule has 2 unspecified atom stereocenters. The van der Waals surface area contributed by atoms with Crippen molar-refractivity contribution in [2.24, 2.45) is 0 Å². The number of carbonyl (C=O) groups excluding carboxylic acids is 1. The predicted octanol–water partition coefficient (Wildman–Crippen LogP) is 2.26. The maximum atomic E-state index is 12.7. The van der Waals surface area contributed by atoms with E-state index in [9.17, 15) is 4.79 Å². The third kappa shape index (κ3) is 1.93. The average Bonchev–Trinajstić information content (AvgIpc) is 3.16. The van der Waals surface area contributed by atoms with Gasteiger partial charge in [0.25, 0.3) is 0 Å². The topological polar surface area (TPSA) is 32.3 Å². The Balaban J connectivity index is 2.06. The Morgan fingerprint density at radius 3 is 2.72 bits per heavy atom. The van der Waals surface area contributed by atoms with Crippen molar-refractivity contribution in [3.05, 3.63) is 24.3 Å². The van der Waals surface area contributed by atoms with Crippen LogP contribution < -0.4 is 10.2 Å². The molecule has 0 spiro atoms. The van der Waals surface area contributed by atoms with Crippen LogP contribution in [0.25, 0.3) is 0 Å². The smallest absolute Gasteiger partial charge is 0.245 e. The highest BCUT2D eigenvalue weighted by Crippen LogP contribution is 2.42. The summed E-state index contributed by atoms with van der Waals surface area (Å²) in [4.78, 5) is 15.9. The number of rotatable bonds is 2. The zero-order chi connectivity index (χ0) is 12.7. The first-order chi connectivity index (χ1) is 8.72. The number of amides is 1. The molecule has 0 aromatic heterocycles. The molecule has 1 saturated carbocycles. The Morgan fingerprint density at radius 1 is 1.33 bits per heavy atom. The van der Waals surface area contributed by atoms with E-state index >= 15 is 0 Å². The molecule has 0 saturated heterocycles. The van der Waals surface area contributed by atoms with Gasteiger partial charge in [0, 0.05) is 16.2 Å². The van der Waals surface area contributed by atoms with Crippen molar-refractivity contribution in [1.82, 2.24) is 5.32 Å². The van der Waals surface area contributed by atoms with Gasteiger partial charge in [-0.2, -0.15) is 0 Å². The van der Waals surface area contributed by atoms with Gasteiger partial charge in [-0.1, -0.05) is 19.1 Å². The Hall–Kier alpha value is -1.00. The number of anilines is 1. The summed E-state index contributed by atoms with van der Waals surface area (Å²) in [7, 11) is 1.88. The summed E-state index contributed by atoms with van der Waals surface area (Å²) >= 11 is 1.79. The molecule has 4 heteroatoms. The minimum Gasteiger partial charge on any atom is -0.308 e. The van der Waals surface area contributed by atoms with Gasteiger partial charge in [0.2, 0.25) is 5.91 Å². The van der Waals surface area contributed by atoms with E-state index in [0.717, 1.165) is 18.5 Å². The molecule has 1 aromatic rings. The monoisotopic (exact) mass is 262 g/mol. The lowest BCUT2D eigenvalue weighted by Crippen LogP contribution is -2.49. The van der Waals surface area contributed by atoms with E-state index in [4.69, 9.17) is 0 Å². The number of hydrogen-bond acceptors (Lipinski definition) is 3. The summed E-state index contributed by atoms with van der Waals surface area (Å²) in [6.45, 7) is 2.12. The number of carbonyl (C=O) groups is 1. The molecule has 0 radical (unpaired) electrons. The van der Waals surface area contributed by atoms with E-state index in [1.807, 2.05) is 24.1 Å². The van der Waals surface area contributed by atoms with Crippen molar-refractivity contribution in [1.29, 1.82) is 0 Å². The van der Waals surface area contributed by atoms with Gasteiger partial charge in [-0.25, -0.2) is 0 Å². The molecule has 0 bridgehead atoms. The highest BCUT2D eigenvalue weighted by Gasteiger charge is 2.41. The van der Waals surface area contributed by atoms with Crippen LogP contribution in [-0.2, 0) is 4.79 Å². The number of nitrogens with zero attached hydrogens (tertiary/aromatic N) is 1. The summed E-state index contributed by atoms with van der Waals surface area (Å²) in [5.74, 6) is 0.227. The Morgan fingerprint density at radius 2 is 2.06 bits per heavy atom. The van der Waals surface area contributed by atoms with E-state index in [2.05, 4.69) is 24.4 Å². The number of nitrogens with one attached hydrogen (secondary N) is 1. The van der Waals surface area contributed by atoms with Crippen LogP contribution in [0, 0.1) is 0 Å². The minimum absolute atomic E-state index is 0.0944. The molecular formula is C14H18N2OS. The summed E-state index contributed by atoms with van der Waals surface area (Å²) in [5.41, 5.74) is 1.10. The maximum Gasteiger partial charge on any atom is 0.245 e. The predicted molar refractivity (Wildman–Crippen MR) is 75.1 cm³/mol. The molecular weight excluding hydrogens is 244 g/mol. The zero-order valence-corrected chi connectivity index (χ0v) is 11.5. The van der Waals surface area contributed by atoms with Gasteiger partial charge in [0.1, 0.15) is 0 Å². The Kier molecular flexibility index (Phi) is 3.08. The van der Waals surface area contributed by atoms with E-state index < -0.39 is 0 Å². The summed E-state index contributed by atoms with van der Waals surface area (Å²) < 4.78 is 0. The average molecular weight is 262 g/mol. The van der Waals surface area contributed by atoms with Gasteiger partial charge in [-0.15, -0.1) is 11.8 Å². The Bertz CT molecular complexity index is 473. The van der Waals surface area contributed by atoms with Crippen molar-refractivity contribution in [2.45, 2.75) is 42.0 Å². The number of fused-ring (bicyclic) bond motifs is 1. The molecule has 1 aliphatic heterocycles. The Labute approximate surface area is 112 Å². The fraction of sp³-hybridized carbons (Fsp3) is 0.500. The van der Waals surface area contributed by atoms with Crippen molar-refractivity contribution >= 4 is 23.4 Å². The van der Waals surface area contributed by atoms with Crippen LogP contribution in [0.15, 0.2) is 29.2 Å². The van der Waals surface area contributed by atoms with Crippen molar-refractivity contribution < 1.29 is 4.79 Å². The zero-order valence-electron chi connectivity index (χ0n) is 10.7. The first-order valence-corrected chi connectivity index (χ1v) is 7.36. The largest absolute Gasteiger partial charge is 0.308 e. The van der Waals surface area contributed by atoms with E-state index in [0.29, 0.717) is 6.04 Å². The summed E-state index contributed by atoms with van der Waals surface area (Å²) in [6.07, 6.45) is 2.27. The minimum atomic E-state index is -0.0944. The SMILES string of the molecule is CNC1C(=O)N(C2CC2)c2ccccc2SC1C. The number of likely N-dealkylation sites (N-methyl/N-ethyl adjacent to an activating group) is 1. The van der Waals surface area contributed by atoms with E-state index in [1.54, 1.807) is 11.8 Å². The normalized spacial score (nSPS) is 27.9. The van der Waals surface area contributed by atoms with Crippen LogP contribution in [0.5, 0.6) is 0 Å². The van der Waals surface area contributed by atoms with Crippen LogP contribution in [-0.4, -0.2) is 30.3 Å². The highest BCUT2D eigenvalue weighted by atomic mass is 32.2. The molecule has 1 aliphatic carbocycles. The molecule has 1 fully saturated rings. The van der Waals surface area contributed by atoms with Crippen LogP contribution in [0.3, 0.4) is 0 Å². The fourth-order valence-electron chi connectivity index (χ4n) is 2.56. The summed E-state index contributed by atoms with van der Waals surface area (Å²) in [5, 5.41) is 3.44. The van der Waals surface area contributed by atoms with E-state index in [1.165, 1.54) is 4.90 Å². The van der Waals surface area contributed by atoms with Crippen molar-refractivity contribution in [3.8, 4) is 0 Å². The molecule has 1 aromatic carbocycles. The second kappa shape index (κ2) is 4.59. The molecule has 2 aliphatic rings. The van der Waals surface area contributed by atoms with Crippen LogP contribution in [0.4, 0.5) is 5.69 Å². The highest BCUT2D eigenvalue weighted by molar-refractivity contribution is 8.00. The lowest BCUT2D eigenvalue weighted by molar-refractivity contribution is -0.120. The molecule has 1 heterocycles. The lowest BCUT2D eigenvalue weighted by Gasteiger charge is -2.26. The van der Waals surface area contributed by atoms with Gasteiger partial charge >= 0.3 is 0 Å². The number of para-hydroxylation sites is 1. The standard InChI is InChI=1S/C14H18N2OS/c1-9-13(15-2)14(17)16(10-7-8-10)11-5-3-4-6-12(11)18-9/h3-6,9-10,13,15H,7-8H2,1-2H3. The molecule has 18 heavy (non-hydrogen) atoms. The van der Waals surface area contributed by atoms with Gasteiger partial charge in [0.05, 0.1) is 11.7 Å². The van der Waals surface area contributed by atoms with Gasteiger partial charge in [0.15, 0.2) is 0 Å².